The lowest BCUT2D eigenvalue weighted by Gasteiger charge is -2.11. The number of aryl methyl sites for hydroxylation is 1. The van der Waals surface area contributed by atoms with Gasteiger partial charge in [0.2, 0.25) is 0 Å². The van der Waals surface area contributed by atoms with Crippen LogP contribution < -0.4 is 0 Å². The summed E-state index contributed by atoms with van der Waals surface area (Å²) in [6.45, 7) is 2.06. The van der Waals surface area contributed by atoms with Crippen molar-refractivity contribution in [2.75, 3.05) is 0 Å². The smallest absolute Gasteiger partial charge is 0.1000 e. The summed E-state index contributed by atoms with van der Waals surface area (Å²) in [5, 5.41) is 11.5. The second kappa shape index (κ2) is 5.43. The maximum atomic E-state index is 10.4. The summed E-state index contributed by atoms with van der Waals surface area (Å²) < 4.78 is 0. The van der Waals surface area contributed by atoms with Crippen molar-refractivity contribution in [2.45, 2.75) is 19.4 Å². The highest BCUT2D eigenvalue weighted by molar-refractivity contribution is 5.78. The summed E-state index contributed by atoms with van der Waals surface area (Å²) in [5.74, 6) is 0. The molecular formula is C18H17NO. The van der Waals surface area contributed by atoms with E-state index in [1.54, 1.807) is 0 Å². The molecule has 2 heteroatoms. The van der Waals surface area contributed by atoms with Crippen LogP contribution in [0.5, 0.6) is 0 Å². The van der Waals surface area contributed by atoms with Gasteiger partial charge in [0.15, 0.2) is 0 Å². The Balaban J connectivity index is 1.86. The molecule has 1 N–H and O–H groups in total. The zero-order chi connectivity index (χ0) is 13.9. The van der Waals surface area contributed by atoms with Crippen LogP contribution in [0.15, 0.2) is 60.7 Å². The molecule has 0 aliphatic heterocycles. The Labute approximate surface area is 118 Å². The Hall–Kier alpha value is -2.19. The Morgan fingerprint density at radius 2 is 1.85 bits per heavy atom. The second-order valence-electron chi connectivity index (χ2n) is 5.14. The molecule has 0 aliphatic carbocycles. The van der Waals surface area contributed by atoms with Crippen LogP contribution in [0.25, 0.3) is 10.9 Å². The normalized spacial score (nSPS) is 12.5. The predicted octanol–water partition coefficient (Wildman–Crippen LogP) is 3.82. The number of benzene rings is 2. The minimum atomic E-state index is -0.568. The summed E-state index contributed by atoms with van der Waals surface area (Å²) in [5.41, 5.74) is 3.99. The number of para-hydroxylation sites is 1. The van der Waals surface area contributed by atoms with E-state index in [1.807, 2.05) is 48.5 Å². The van der Waals surface area contributed by atoms with E-state index < -0.39 is 6.10 Å². The fraction of sp³-hybridized carbons (Fsp3) is 0.167. The molecule has 0 amide bonds. The number of pyridine rings is 1. The van der Waals surface area contributed by atoms with E-state index in [-0.39, 0.29) is 0 Å². The van der Waals surface area contributed by atoms with E-state index in [4.69, 9.17) is 0 Å². The molecule has 3 rings (SSSR count). The van der Waals surface area contributed by atoms with Crippen LogP contribution in [-0.2, 0) is 6.42 Å². The van der Waals surface area contributed by atoms with Gasteiger partial charge in [-0.25, -0.2) is 0 Å². The Kier molecular flexibility index (Phi) is 3.48. The first-order valence-corrected chi connectivity index (χ1v) is 6.82. The van der Waals surface area contributed by atoms with Crippen LogP contribution in [0, 0.1) is 6.92 Å². The van der Waals surface area contributed by atoms with Crippen LogP contribution in [0.3, 0.4) is 0 Å². The van der Waals surface area contributed by atoms with Crippen molar-refractivity contribution in [3.63, 3.8) is 0 Å². The van der Waals surface area contributed by atoms with Crippen molar-refractivity contribution in [3.8, 4) is 0 Å². The minimum Gasteiger partial charge on any atom is -0.386 e. The van der Waals surface area contributed by atoms with E-state index >= 15 is 0 Å². The van der Waals surface area contributed by atoms with Gasteiger partial charge in [0.1, 0.15) is 0 Å². The standard InChI is InChI=1S/C18H17NO/c1-13-5-4-6-14(11-13)12-18(20)17-10-9-15-7-2-3-8-16(15)19-17/h2-11,18,20H,12H2,1H3. The summed E-state index contributed by atoms with van der Waals surface area (Å²) in [6.07, 6.45) is 0.0222. The van der Waals surface area contributed by atoms with Gasteiger partial charge in [-0.15, -0.1) is 0 Å². The lowest BCUT2D eigenvalue weighted by atomic mass is 10.0. The number of aliphatic hydroxyl groups excluding tert-OH is 1. The van der Waals surface area contributed by atoms with Crippen molar-refractivity contribution in [2.24, 2.45) is 0 Å². The first kappa shape index (κ1) is 12.8. The molecule has 2 nitrogen and oxygen atoms in total. The zero-order valence-electron chi connectivity index (χ0n) is 11.5. The number of rotatable bonds is 3. The lowest BCUT2D eigenvalue weighted by Crippen LogP contribution is -2.04. The first-order chi connectivity index (χ1) is 9.72. The Morgan fingerprint density at radius 3 is 2.70 bits per heavy atom. The highest BCUT2D eigenvalue weighted by atomic mass is 16.3. The summed E-state index contributed by atoms with van der Waals surface area (Å²) in [7, 11) is 0. The summed E-state index contributed by atoms with van der Waals surface area (Å²) in [6, 6.07) is 20.1. The number of aromatic nitrogens is 1. The molecule has 1 unspecified atom stereocenters. The molecule has 2 aromatic carbocycles. The quantitative estimate of drug-likeness (QED) is 0.779. The van der Waals surface area contributed by atoms with Gasteiger partial charge in [0.25, 0.3) is 0 Å². The fourth-order valence-electron chi connectivity index (χ4n) is 2.43. The molecule has 1 atom stereocenters. The van der Waals surface area contributed by atoms with E-state index in [9.17, 15) is 5.11 Å². The van der Waals surface area contributed by atoms with Gasteiger partial charge in [0, 0.05) is 11.8 Å². The Bertz CT molecular complexity index is 736. The molecule has 0 saturated heterocycles. The molecular weight excluding hydrogens is 246 g/mol. The third kappa shape index (κ3) is 2.70. The van der Waals surface area contributed by atoms with Crippen LogP contribution in [-0.4, -0.2) is 10.1 Å². The molecule has 1 heterocycles. The predicted molar refractivity (Wildman–Crippen MR) is 81.6 cm³/mol. The zero-order valence-corrected chi connectivity index (χ0v) is 11.5. The van der Waals surface area contributed by atoms with Gasteiger partial charge in [-0.2, -0.15) is 0 Å². The number of nitrogens with zero attached hydrogens (tertiary/aromatic N) is 1. The van der Waals surface area contributed by atoms with Crippen molar-refractivity contribution >= 4 is 10.9 Å². The average Bonchev–Trinajstić information content (AvgIpc) is 2.47. The van der Waals surface area contributed by atoms with Gasteiger partial charge >= 0.3 is 0 Å². The molecule has 0 spiro atoms. The minimum absolute atomic E-state index is 0.568. The second-order valence-corrected chi connectivity index (χ2v) is 5.14. The molecule has 100 valence electrons. The van der Waals surface area contributed by atoms with Crippen LogP contribution in [0.4, 0.5) is 0 Å². The highest BCUT2D eigenvalue weighted by Gasteiger charge is 2.10. The highest BCUT2D eigenvalue weighted by Crippen LogP contribution is 2.20. The van der Waals surface area contributed by atoms with Crippen molar-refractivity contribution in [1.82, 2.24) is 4.98 Å². The van der Waals surface area contributed by atoms with E-state index in [0.717, 1.165) is 22.2 Å². The van der Waals surface area contributed by atoms with Crippen molar-refractivity contribution in [3.05, 3.63) is 77.5 Å². The maximum absolute atomic E-state index is 10.4. The van der Waals surface area contributed by atoms with Gasteiger partial charge in [-0.1, -0.05) is 54.1 Å². The molecule has 0 fully saturated rings. The van der Waals surface area contributed by atoms with Crippen molar-refractivity contribution in [1.29, 1.82) is 0 Å². The van der Waals surface area contributed by atoms with E-state index in [1.165, 1.54) is 5.56 Å². The van der Waals surface area contributed by atoms with E-state index in [0.29, 0.717) is 6.42 Å². The molecule has 0 aliphatic rings. The van der Waals surface area contributed by atoms with Crippen LogP contribution in [0.1, 0.15) is 22.9 Å². The summed E-state index contributed by atoms with van der Waals surface area (Å²) in [4.78, 5) is 4.54. The van der Waals surface area contributed by atoms with Crippen molar-refractivity contribution < 1.29 is 5.11 Å². The molecule has 3 aromatic rings. The number of hydrogen-bond donors (Lipinski definition) is 1. The molecule has 0 saturated carbocycles. The molecule has 1 aromatic heterocycles. The monoisotopic (exact) mass is 263 g/mol. The Morgan fingerprint density at radius 1 is 1.00 bits per heavy atom. The largest absolute Gasteiger partial charge is 0.386 e. The van der Waals surface area contributed by atoms with Gasteiger partial charge in [0.05, 0.1) is 17.3 Å². The van der Waals surface area contributed by atoms with Crippen LogP contribution in [0.2, 0.25) is 0 Å². The third-order valence-corrected chi connectivity index (χ3v) is 3.47. The number of aliphatic hydroxyl groups is 1. The van der Waals surface area contributed by atoms with E-state index in [2.05, 4.69) is 24.0 Å². The number of fused-ring (bicyclic) bond motifs is 1. The first-order valence-electron chi connectivity index (χ1n) is 6.82. The third-order valence-electron chi connectivity index (χ3n) is 3.47. The molecule has 0 bridgehead atoms. The SMILES string of the molecule is Cc1cccc(CC(O)c2ccc3ccccc3n2)c1. The van der Waals surface area contributed by atoms with Gasteiger partial charge < -0.3 is 5.11 Å². The van der Waals surface area contributed by atoms with Gasteiger partial charge in [-0.05, 0) is 24.6 Å². The summed E-state index contributed by atoms with van der Waals surface area (Å²) >= 11 is 0. The van der Waals surface area contributed by atoms with Crippen LogP contribution >= 0.6 is 0 Å². The molecule has 0 radical (unpaired) electrons. The molecule has 20 heavy (non-hydrogen) atoms. The maximum Gasteiger partial charge on any atom is 0.1000 e. The average molecular weight is 263 g/mol. The topological polar surface area (TPSA) is 33.1 Å². The lowest BCUT2D eigenvalue weighted by molar-refractivity contribution is 0.174. The van der Waals surface area contributed by atoms with Gasteiger partial charge in [-0.3, -0.25) is 4.98 Å². The fourth-order valence-corrected chi connectivity index (χ4v) is 2.43. The number of hydrogen-bond acceptors (Lipinski definition) is 2.